The lowest BCUT2D eigenvalue weighted by atomic mass is 9.88. The number of ether oxygens (including phenoxy) is 1. The summed E-state index contributed by atoms with van der Waals surface area (Å²) >= 11 is 1.53. The molecule has 0 saturated heterocycles. The van der Waals surface area contributed by atoms with Gasteiger partial charge in [0.05, 0.1) is 18.2 Å². The van der Waals surface area contributed by atoms with Gasteiger partial charge in [-0.15, -0.1) is 11.3 Å². The van der Waals surface area contributed by atoms with Gasteiger partial charge in [-0.3, -0.25) is 9.59 Å². The molecule has 1 saturated carbocycles. The first-order valence-electron chi connectivity index (χ1n) is 17.2. The van der Waals surface area contributed by atoms with E-state index in [2.05, 4.69) is 29.8 Å². The number of benzene rings is 3. The van der Waals surface area contributed by atoms with Gasteiger partial charge in [-0.2, -0.15) is 0 Å². The fraction of sp³-hybridized carbons (Fsp3) is 0.375. The average molecular weight is 666 g/mol. The van der Waals surface area contributed by atoms with Gasteiger partial charge in [0.15, 0.2) is 0 Å². The summed E-state index contributed by atoms with van der Waals surface area (Å²) in [7, 11) is 1.38. The average Bonchev–Trinajstić information content (AvgIpc) is 3.56. The molecule has 1 heterocycles. The lowest BCUT2D eigenvalue weighted by molar-refractivity contribution is 0.0600. The quantitative estimate of drug-likeness (QED) is 0.117. The second-order valence-electron chi connectivity index (χ2n) is 12.6. The number of carbonyl (C=O) groups is 3. The minimum absolute atomic E-state index is 0.213. The molecule has 4 aromatic rings. The second-order valence-corrected chi connectivity index (χ2v) is 13.7. The molecule has 0 radical (unpaired) electrons. The third-order valence-electron chi connectivity index (χ3n) is 9.29. The molecule has 2 amide bonds. The van der Waals surface area contributed by atoms with E-state index in [0.29, 0.717) is 45.9 Å². The van der Waals surface area contributed by atoms with Gasteiger partial charge in [-0.05, 0) is 104 Å². The second kappa shape index (κ2) is 17.2. The molecule has 0 bridgehead atoms. The largest absolute Gasteiger partial charge is 0.465 e. The molecular formula is C40H47N3O4S. The SMILES string of the molecule is CCC(CC)NCc1cccc(C(=O)Nc2sc(C3CCCCC3)cc2C(=O)Nc2ccc(CCc3ccc(C(=O)OC)cc3)cc2)c1. The van der Waals surface area contributed by atoms with Crippen LogP contribution in [0.25, 0.3) is 0 Å². The van der Waals surface area contributed by atoms with Crippen LogP contribution >= 0.6 is 11.3 Å². The number of nitrogens with one attached hydrogen (secondary N) is 3. The highest BCUT2D eigenvalue weighted by Crippen LogP contribution is 2.40. The summed E-state index contributed by atoms with van der Waals surface area (Å²) in [6.07, 6.45) is 9.61. The van der Waals surface area contributed by atoms with Crippen molar-refractivity contribution in [3.8, 4) is 0 Å². The summed E-state index contributed by atoms with van der Waals surface area (Å²) in [5.74, 6) is -0.372. The van der Waals surface area contributed by atoms with Gasteiger partial charge < -0.3 is 20.7 Å². The highest BCUT2D eigenvalue weighted by molar-refractivity contribution is 7.16. The Morgan fingerprint density at radius 1 is 0.771 bits per heavy atom. The van der Waals surface area contributed by atoms with Crippen LogP contribution < -0.4 is 16.0 Å². The number of thiophene rings is 1. The molecule has 0 atom stereocenters. The fourth-order valence-corrected chi connectivity index (χ4v) is 7.48. The van der Waals surface area contributed by atoms with Crippen molar-refractivity contribution in [1.82, 2.24) is 5.32 Å². The fourth-order valence-electron chi connectivity index (χ4n) is 6.26. The molecule has 8 heteroatoms. The minimum Gasteiger partial charge on any atom is -0.465 e. The van der Waals surface area contributed by atoms with Crippen molar-refractivity contribution in [3.63, 3.8) is 0 Å². The Bertz CT molecular complexity index is 1670. The van der Waals surface area contributed by atoms with Crippen molar-refractivity contribution in [1.29, 1.82) is 0 Å². The molecular weight excluding hydrogens is 619 g/mol. The van der Waals surface area contributed by atoms with Crippen molar-refractivity contribution in [2.45, 2.75) is 90.1 Å². The summed E-state index contributed by atoms with van der Waals surface area (Å²) in [5, 5.41) is 10.3. The Morgan fingerprint density at radius 2 is 1.44 bits per heavy atom. The van der Waals surface area contributed by atoms with E-state index in [1.807, 2.05) is 66.7 Å². The number of hydrogen-bond acceptors (Lipinski definition) is 6. The molecule has 1 aliphatic rings. The van der Waals surface area contributed by atoms with Crippen LogP contribution in [0.2, 0.25) is 0 Å². The normalized spacial score (nSPS) is 13.3. The summed E-state index contributed by atoms with van der Waals surface area (Å²) in [6.45, 7) is 5.05. The number of anilines is 2. The number of carbonyl (C=O) groups excluding carboxylic acids is 3. The van der Waals surface area contributed by atoms with E-state index in [1.54, 1.807) is 12.1 Å². The summed E-state index contributed by atoms with van der Waals surface area (Å²) in [6, 6.07) is 25.5. The number of esters is 1. The zero-order valence-corrected chi connectivity index (χ0v) is 29.1. The first-order valence-corrected chi connectivity index (χ1v) is 18.0. The van der Waals surface area contributed by atoms with Gasteiger partial charge in [0.2, 0.25) is 0 Å². The number of amides is 2. The summed E-state index contributed by atoms with van der Waals surface area (Å²) < 4.78 is 4.78. The third kappa shape index (κ3) is 9.42. The highest BCUT2D eigenvalue weighted by atomic mass is 32.1. The maximum Gasteiger partial charge on any atom is 0.337 e. The third-order valence-corrected chi connectivity index (χ3v) is 10.5. The van der Waals surface area contributed by atoms with Gasteiger partial charge in [0.1, 0.15) is 5.00 Å². The zero-order chi connectivity index (χ0) is 33.9. The molecule has 1 aromatic heterocycles. The van der Waals surface area contributed by atoms with Crippen molar-refractivity contribution < 1.29 is 19.1 Å². The molecule has 0 unspecified atom stereocenters. The van der Waals surface area contributed by atoms with Crippen LogP contribution in [0.3, 0.4) is 0 Å². The topological polar surface area (TPSA) is 96.5 Å². The molecule has 1 fully saturated rings. The van der Waals surface area contributed by atoms with E-state index in [9.17, 15) is 14.4 Å². The first kappa shape index (κ1) is 35.0. The van der Waals surface area contributed by atoms with E-state index >= 15 is 0 Å². The van der Waals surface area contributed by atoms with Crippen LogP contribution in [0.5, 0.6) is 0 Å². The van der Waals surface area contributed by atoms with Crippen molar-refractivity contribution in [3.05, 3.63) is 117 Å². The van der Waals surface area contributed by atoms with E-state index in [4.69, 9.17) is 4.74 Å². The molecule has 5 rings (SSSR count). The maximum atomic E-state index is 13.7. The summed E-state index contributed by atoms with van der Waals surface area (Å²) in [5.41, 5.74) is 5.65. The smallest absolute Gasteiger partial charge is 0.337 e. The first-order chi connectivity index (χ1) is 23.4. The van der Waals surface area contributed by atoms with Gasteiger partial charge in [-0.1, -0.05) is 69.5 Å². The highest BCUT2D eigenvalue weighted by Gasteiger charge is 2.24. The molecule has 252 valence electrons. The van der Waals surface area contributed by atoms with Crippen molar-refractivity contribution >= 4 is 39.8 Å². The van der Waals surface area contributed by atoms with Crippen LogP contribution in [-0.2, 0) is 24.1 Å². The monoisotopic (exact) mass is 665 g/mol. The van der Waals surface area contributed by atoms with Gasteiger partial charge in [0, 0.05) is 28.7 Å². The number of methoxy groups -OCH3 is 1. The predicted molar refractivity (Wildman–Crippen MR) is 195 cm³/mol. The van der Waals surface area contributed by atoms with Crippen LogP contribution in [-0.4, -0.2) is 30.9 Å². The van der Waals surface area contributed by atoms with E-state index in [0.717, 1.165) is 60.1 Å². The number of aryl methyl sites for hydroxylation is 2. The molecule has 1 aliphatic carbocycles. The predicted octanol–water partition coefficient (Wildman–Crippen LogP) is 9.15. The lowest BCUT2D eigenvalue weighted by Gasteiger charge is -2.19. The molecule has 7 nitrogen and oxygen atoms in total. The maximum absolute atomic E-state index is 13.7. The van der Waals surface area contributed by atoms with Gasteiger partial charge >= 0.3 is 5.97 Å². The Kier molecular flexibility index (Phi) is 12.6. The molecule has 0 spiro atoms. The van der Waals surface area contributed by atoms with Crippen LogP contribution in [0.4, 0.5) is 10.7 Å². The lowest BCUT2D eigenvalue weighted by Crippen LogP contribution is -2.27. The molecule has 0 aliphatic heterocycles. The van der Waals surface area contributed by atoms with Crippen LogP contribution in [0.1, 0.15) is 117 Å². The van der Waals surface area contributed by atoms with Crippen LogP contribution in [0, 0.1) is 0 Å². The zero-order valence-electron chi connectivity index (χ0n) is 28.3. The van der Waals surface area contributed by atoms with E-state index in [-0.39, 0.29) is 17.8 Å². The Labute approximate surface area is 288 Å². The Balaban J connectivity index is 1.26. The van der Waals surface area contributed by atoms with E-state index in [1.165, 1.54) is 37.7 Å². The molecule has 3 aromatic carbocycles. The van der Waals surface area contributed by atoms with Crippen molar-refractivity contribution in [2.24, 2.45) is 0 Å². The molecule has 48 heavy (non-hydrogen) atoms. The number of rotatable bonds is 14. The van der Waals surface area contributed by atoms with Crippen molar-refractivity contribution in [2.75, 3.05) is 17.7 Å². The van der Waals surface area contributed by atoms with E-state index < -0.39 is 0 Å². The Hall–Kier alpha value is -4.27. The standard InChI is InChI=1S/C40H47N3O4S/c1-4-33(5-2)41-26-29-10-9-13-32(24-29)37(44)43-39-35(25-36(48-39)30-11-7-6-8-12-30)38(45)42-34-22-18-28(19-23-34)15-14-27-16-20-31(21-17-27)40(46)47-3/h9-10,13,16-25,30,33,41H,4-8,11-12,14-15,26H2,1-3H3,(H,42,45)(H,43,44). The van der Waals surface area contributed by atoms with Crippen LogP contribution in [0.15, 0.2) is 78.9 Å². The number of hydrogen-bond donors (Lipinski definition) is 3. The Morgan fingerprint density at radius 3 is 2.08 bits per heavy atom. The van der Waals surface area contributed by atoms with Gasteiger partial charge in [0.25, 0.3) is 11.8 Å². The summed E-state index contributed by atoms with van der Waals surface area (Å²) in [4.78, 5) is 40.1. The molecule has 3 N–H and O–H groups in total. The van der Waals surface area contributed by atoms with Gasteiger partial charge in [-0.25, -0.2) is 4.79 Å². The minimum atomic E-state index is -0.341.